The Morgan fingerprint density at radius 2 is 2.00 bits per heavy atom. The number of amides is 1. The van der Waals surface area contributed by atoms with Crippen molar-refractivity contribution in [2.24, 2.45) is 5.92 Å². The van der Waals surface area contributed by atoms with Crippen LogP contribution in [0.25, 0.3) is 0 Å². The fraction of sp³-hybridized carbons (Fsp3) is 0.667. The highest BCUT2D eigenvalue weighted by molar-refractivity contribution is 5.77. The summed E-state index contributed by atoms with van der Waals surface area (Å²) in [6.07, 6.45) is 3.76. The minimum absolute atomic E-state index is 0.339. The molecule has 2 heterocycles. The lowest BCUT2D eigenvalue weighted by Crippen LogP contribution is -2.56. The second kappa shape index (κ2) is 9.38. The van der Waals surface area contributed by atoms with Gasteiger partial charge in [-0.15, -0.1) is 0 Å². The molecular formula is C21H32N2O3. The van der Waals surface area contributed by atoms with Crippen molar-refractivity contribution in [3.8, 4) is 5.75 Å². The lowest BCUT2D eigenvalue weighted by atomic mass is 9.83. The third kappa shape index (κ3) is 4.77. The van der Waals surface area contributed by atoms with E-state index in [0.29, 0.717) is 24.3 Å². The number of benzene rings is 1. The average Bonchev–Trinajstić information content (AvgIpc) is 2.67. The zero-order valence-corrected chi connectivity index (χ0v) is 16.2. The first kappa shape index (κ1) is 19.2. The van der Waals surface area contributed by atoms with Gasteiger partial charge in [0.05, 0.1) is 7.11 Å². The number of ether oxygens (including phenoxy) is 2. The molecule has 1 aromatic carbocycles. The van der Waals surface area contributed by atoms with E-state index >= 15 is 0 Å². The van der Waals surface area contributed by atoms with Gasteiger partial charge in [-0.25, -0.2) is 0 Å². The van der Waals surface area contributed by atoms with Crippen LogP contribution in [0.1, 0.15) is 38.2 Å². The summed E-state index contributed by atoms with van der Waals surface area (Å²) in [4.78, 5) is 17.1. The molecule has 5 nitrogen and oxygen atoms in total. The highest BCUT2D eigenvalue weighted by Gasteiger charge is 2.38. The predicted octanol–water partition coefficient (Wildman–Crippen LogP) is 2.93. The number of likely N-dealkylation sites (tertiary alicyclic amines) is 2. The van der Waals surface area contributed by atoms with Crippen LogP contribution >= 0.6 is 0 Å². The first-order chi connectivity index (χ1) is 12.7. The zero-order chi connectivity index (χ0) is 18.4. The number of fused-ring (bicyclic) bond motifs is 1. The summed E-state index contributed by atoms with van der Waals surface area (Å²) in [5.41, 5.74) is 1.32. The molecule has 2 atom stereocenters. The maximum atomic E-state index is 12.4. The number of rotatable bonds is 8. The maximum Gasteiger partial charge on any atom is 0.222 e. The van der Waals surface area contributed by atoms with Crippen molar-refractivity contribution in [2.45, 2.75) is 45.2 Å². The van der Waals surface area contributed by atoms with E-state index in [9.17, 15) is 4.79 Å². The number of nitrogens with zero attached hydrogens (tertiary/aromatic N) is 2. The van der Waals surface area contributed by atoms with Crippen LogP contribution in [0.2, 0.25) is 0 Å². The Kier molecular flexibility index (Phi) is 6.92. The lowest BCUT2D eigenvalue weighted by molar-refractivity contribution is -0.141. The van der Waals surface area contributed by atoms with Crippen molar-refractivity contribution in [3.63, 3.8) is 0 Å². The maximum absolute atomic E-state index is 12.4. The standard InChI is InChI=1S/C21H32N2O3/c1-3-26-14-4-12-23-20-11-13-22(16-18(20)7-10-21(23)24)15-17-5-8-19(25-2)9-6-17/h5-6,8-9,18,20H,3-4,7,10-16H2,1-2H3/t18-,20+/m0/s1. The predicted molar refractivity (Wildman–Crippen MR) is 102 cm³/mol. The second-order valence-corrected chi connectivity index (χ2v) is 7.38. The Morgan fingerprint density at radius 3 is 2.73 bits per heavy atom. The van der Waals surface area contributed by atoms with Gasteiger partial charge < -0.3 is 14.4 Å². The van der Waals surface area contributed by atoms with Crippen molar-refractivity contribution < 1.29 is 14.3 Å². The van der Waals surface area contributed by atoms with Crippen LogP contribution in [-0.2, 0) is 16.1 Å². The lowest BCUT2D eigenvalue weighted by Gasteiger charge is -2.47. The van der Waals surface area contributed by atoms with E-state index in [1.807, 2.05) is 19.1 Å². The molecule has 144 valence electrons. The number of piperidine rings is 2. The van der Waals surface area contributed by atoms with Crippen LogP contribution < -0.4 is 4.74 Å². The number of methoxy groups -OCH3 is 1. The molecule has 0 unspecified atom stereocenters. The van der Waals surface area contributed by atoms with Gasteiger partial charge >= 0.3 is 0 Å². The van der Waals surface area contributed by atoms with Gasteiger partial charge in [-0.1, -0.05) is 12.1 Å². The van der Waals surface area contributed by atoms with Gasteiger partial charge in [0.1, 0.15) is 5.75 Å². The number of hydrogen-bond donors (Lipinski definition) is 0. The van der Waals surface area contributed by atoms with Gasteiger partial charge in [-0.2, -0.15) is 0 Å². The summed E-state index contributed by atoms with van der Waals surface area (Å²) in [5.74, 6) is 1.85. The van der Waals surface area contributed by atoms with E-state index < -0.39 is 0 Å². The van der Waals surface area contributed by atoms with Gasteiger partial charge in [0.15, 0.2) is 0 Å². The molecular weight excluding hydrogens is 328 g/mol. The molecule has 2 aliphatic rings. The molecule has 0 N–H and O–H groups in total. The van der Waals surface area contributed by atoms with Crippen molar-refractivity contribution in [2.75, 3.05) is 40.0 Å². The molecule has 1 aromatic rings. The van der Waals surface area contributed by atoms with Gasteiger partial charge in [0, 0.05) is 51.9 Å². The molecule has 1 amide bonds. The summed E-state index contributed by atoms with van der Waals surface area (Å²) in [7, 11) is 1.70. The van der Waals surface area contributed by atoms with Crippen molar-refractivity contribution in [1.29, 1.82) is 0 Å². The molecule has 0 aliphatic carbocycles. The molecule has 2 saturated heterocycles. The molecule has 0 bridgehead atoms. The van der Waals surface area contributed by atoms with E-state index in [-0.39, 0.29) is 0 Å². The van der Waals surface area contributed by atoms with Gasteiger partial charge in [-0.05, 0) is 49.8 Å². The van der Waals surface area contributed by atoms with E-state index in [2.05, 4.69) is 21.9 Å². The summed E-state index contributed by atoms with van der Waals surface area (Å²) in [5, 5.41) is 0. The van der Waals surface area contributed by atoms with Crippen LogP contribution in [0.4, 0.5) is 0 Å². The second-order valence-electron chi connectivity index (χ2n) is 7.38. The molecule has 26 heavy (non-hydrogen) atoms. The fourth-order valence-electron chi connectivity index (χ4n) is 4.33. The van der Waals surface area contributed by atoms with E-state index in [4.69, 9.17) is 9.47 Å². The molecule has 0 spiro atoms. The Labute approximate surface area is 157 Å². The van der Waals surface area contributed by atoms with Crippen LogP contribution in [0.3, 0.4) is 0 Å². The quantitative estimate of drug-likeness (QED) is 0.669. The largest absolute Gasteiger partial charge is 0.497 e. The summed E-state index contributed by atoms with van der Waals surface area (Å²) in [6, 6.07) is 8.78. The third-order valence-corrected chi connectivity index (χ3v) is 5.68. The Balaban J connectivity index is 1.53. The van der Waals surface area contributed by atoms with E-state index in [1.54, 1.807) is 7.11 Å². The summed E-state index contributed by atoms with van der Waals surface area (Å²) < 4.78 is 10.7. The monoisotopic (exact) mass is 360 g/mol. The zero-order valence-electron chi connectivity index (χ0n) is 16.2. The van der Waals surface area contributed by atoms with Crippen molar-refractivity contribution in [3.05, 3.63) is 29.8 Å². The van der Waals surface area contributed by atoms with Crippen LogP contribution in [0.15, 0.2) is 24.3 Å². The van der Waals surface area contributed by atoms with Crippen LogP contribution in [0.5, 0.6) is 5.75 Å². The first-order valence-corrected chi connectivity index (χ1v) is 9.93. The average molecular weight is 360 g/mol. The molecule has 2 fully saturated rings. The Hall–Kier alpha value is -1.59. The first-order valence-electron chi connectivity index (χ1n) is 9.93. The highest BCUT2D eigenvalue weighted by atomic mass is 16.5. The summed E-state index contributed by atoms with van der Waals surface area (Å²) in [6.45, 7) is 7.49. The minimum atomic E-state index is 0.339. The summed E-state index contributed by atoms with van der Waals surface area (Å²) >= 11 is 0. The number of carbonyl (C=O) groups is 1. The van der Waals surface area contributed by atoms with E-state index in [0.717, 1.165) is 64.4 Å². The molecule has 2 aliphatic heterocycles. The normalized spacial score (nSPS) is 23.8. The van der Waals surface area contributed by atoms with Crippen molar-refractivity contribution >= 4 is 5.91 Å². The number of carbonyl (C=O) groups excluding carboxylic acids is 1. The molecule has 3 rings (SSSR count). The highest BCUT2D eigenvalue weighted by Crippen LogP contribution is 2.32. The Morgan fingerprint density at radius 1 is 1.19 bits per heavy atom. The van der Waals surface area contributed by atoms with Gasteiger partial charge in [0.2, 0.25) is 5.91 Å². The van der Waals surface area contributed by atoms with Crippen molar-refractivity contribution in [1.82, 2.24) is 9.80 Å². The van der Waals surface area contributed by atoms with E-state index in [1.165, 1.54) is 5.56 Å². The van der Waals surface area contributed by atoms with Crippen LogP contribution in [-0.4, -0.2) is 61.7 Å². The topological polar surface area (TPSA) is 42.0 Å². The minimum Gasteiger partial charge on any atom is -0.497 e. The molecule has 0 aromatic heterocycles. The van der Waals surface area contributed by atoms with Gasteiger partial charge in [-0.3, -0.25) is 9.69 Å². The molecule has 0 saturated carbocycles. The smallest absolute Gasteiger partial charge is 0.222 e. The van der Waals surface area contributed by atoms with Gasteiger partial charge in [0.25, 0.3) is 0 Å². The SMILES string of the molecule is CCOCCCN1C(=O)CC[C@H]2CN(Cc3ccc(OC)cc3)CC[C@H]21. The third-order valence-electron chi connectivity index (χ3n) is 5.68. The van der Waals surface area contributed by atoms with Crippen LogP contribution in [0, 0.1) is 5.92 Å². The fourth-order valence-corrected chi connectivity index (χ4v) is 4.33. The molecule has 0 radical (unpaired) electrons. The Bertz CT molecular complexity index is 575. The number of hydrogen-bond acceptors (Lipinski definition) is 4. The molecule has 5 heteroatoms.